The molecule has 6 heteroatoms. The minimum atomic E-state index is -0.559. The molecule has 1 atom stereocenters. The first-order valence-corrected chi connectivity index (χ1v) is 10.5. The van der Waals surface area contributed by atoms with Crippen molar-refractivity contribution in [3.05, 3.63) is 60.2 Å². The Morgan fingerprint density at radius 1 is 1.00 bits per heavy atom. The van der Waals surface area contributed by atoms with Gasteiger partial charge in [0.2, 0.25) is 5.91 Å². The van der Waals surface area contributed by atoms with Crippen molar-refractivity contribution < 1.29 is 19.1 Å². The van der Waals surface area contributed by atoms with E-state index in [4.69, 9.17) is 9.47 Å². The van der Waals surface area contributed by atoms with E-state index in [1.54, 1.807) is 24.1 Å². The largest absolute Gasteiger partial charge is 0.493 e. The van der Waals surface area contributed by atoms with Gasteiger partial charge in [0.25, 0.3) is 5.91 Å². The molecule has 2 rings (SSSR count). The Hall–Kier alpha value is -3.02. The molecule has 0 saturated heterocycles. The van der Waals surface area contributed by atoms with Crippen LogP contribution >= 0.6 is 0 Å². The zero-order chi connectivity index (χ0) is 21.8. The number of methoxy groups -OCH3 is 1. The van der Waals surface area contributed by atoms with Crippen LogP contribution in [0, 0.1) is 0 Å². The zero-order valence-corrected chi connectivity index (χ0v) is 18.1. The van der Waals surface area contributed by atoms with Crippen LogP contribution in [0.1, 0.15) is 38.7 Å². The van der Waals surface area contributed by atoms with Gasteiger partial charge in [-0.1, -0.05) is 62.7 Å². The maximum absolute atomic E-state index is 13.1. The summed E-state index contributed by atoms with van der Waals surface area (Å²) in [6.07, 6.45) is 2.42. The van der Waals surface area contributed by atoms with Gasteiger partial charge in [-0.05, 0) is 30.5 Å². The van der Waals surface area contributed by atoms with E-state index in [0.717, 1.165) is 18.4 Å². The number of rotatable bonds is 12. The van der Waals surface area contributed by atoms with Gasteiger partial charge < -0.3 is 19.7 Å². The molecule has 2 amide bonds. The second kappa shape index (κ2) is 12.5. The van der Waals surface area contributed by atoms with Gasteiger partial charge in [-0.25, -0.2) is 0 Å². The molecule has 0 aromatic heterocycles. The summed E-state index contributed by atoms with van der Waals surface area (Å²) >= 11 is 0. The van der Waals surface area contributed by atoms with Crippen molar-refractivity contribution in [1.82, 2.24) is 10.2 Å². The van der Waals surface area contributed by atoms with Crippen LogP contribution in [-0.4, -0.2) is 43.0 Å². The number of hydrogen-bond acceptors (Lipinski definition) is 4. The quantitative estimate of drug-likeness (QED) is 0.539. The maximum Gasteiger partial charge on any atom is 0.261 e. The molecule has 162 valence electrons. The van der Waals surface area contributed by atoms with Crippen LogP contribution in [0.25, 0.3) is 0 Å². The van der Waals surface area contributed by atoms with E-state index >= 15 is 0 Å². The van der Waals surface area contributed by atoms with Crippen LogP contribution in [0.2, 0.25) is 0 Å². The first-order valence-electron chi connectivity index (χ1n) is 10.5. The minimum absolute atomic E-state index is 0.132. The predicted octanol–water partition coefficient (Wildman–Crippen LogP) is 3.80. The summed E-state index contributed by atoms with van der Waals surface area (Å²) in [7, 11) is 1.56. The molecule has 0 aliphatic heterocycles. The molecule has 0 aliphatic rings. The summed E-state index contributed by atoms with van der Waals surface area (Å²) in [6, 6.07) is 16.3. The highest BCUT2D eigenvalue weighted by Crippen LogP contribution is 2.26. The third kappa shape index (κ3) is 6.79. The Morgan fingerprint density at radius 2 is 1.67 bits per heavy atom. The average molecular weight is 413 g/mol. The summed E-state index contributed by atoms with van der Waals surface area (Å²) in [6.45, 7) is 4.76. The molecule has 0 heterocycles. The Morgan fingerprint density at radius 3 is 2.30 bits per heavy atom. The number of hydrogen-bond donors (Lipinski definition) is 1. The lowest BCUT2D eigenvalue weighted by atomic mass is 10.1. The summed E-state index contributed by atoms with van der Waals surface area (Å²) in [5, 5.41) is 2.95. The van der Waals surface area contributed by atoms with E-state index in [2.05, 4.69) is 12.2 Å². The Labute approximate surface area is 179 Å². The van der Waals surface area contributed by atoms with Crippen LogP contribution in [0.15, 0.2) is 54.6 Å². The van der Waals surface area contributed by atoms with Crippen molar-refractivity contribution in [2.45, 2.75) is 45.7 Å². The summed E-state index contributed by atoms with van der Waals surface area (Å²) in [4.78, 5) is 27.5. The number of amides is 2. The van der Waals surface area contributed by atoms with E-state index in [0.29, 0.717) is 31.0 Å². The predicted molar refractivity (Wildman–Crippen MR) is 117 cm³/mol. The minimum Gasteiger partial charge on any atom is -0.493 e. The van der Waals surface area contributed by atoms with Gasteiger partial charge in [-0.15, -0.1) is 0 Å². The van der Waals surface area contributed by atoms with Crippen molar-refractivity contribution in [3.63, 3.8) is 0 Å². The Bertz CT molecular complexity index is 795. The second-order valence-electron chi connectivity index (χ2n) is 7.02. The molecule has 1 N–H and O–H groups in total. The summed E-state index contributed by atoms with van der Waals surface area (Å²) < 4.78 is 11.0. The molecule has 0 saturated carbocycles. The Kier molecular flexibility index (Phi) is 9.71. The summed E-state index contributed by atoms with van der Waals surface area (Å²) in [5.41, 5.74) is 0.961. The fourth-order valence-corrected chi connectivity index (χ4v) is 3.17. The van der Waals surface area contributed by atoms with Gasteiger partial charge in [0, 0.05) is 13.1 Å². The second-order valence-corrected chi connectivity index (χ2v) is 7.02. The Balaban J connectivity index is 2.16. The normalized spacial score (nSPS) is 11.4. The lowest BCUT2D eigenvalue weighted by molar-refractivity contribution is -0.143. The average Bonchev–Trinajstić information content (AvgIpc) is 2.78. The van der Waals surface area contributed by atoms with E-state index < -0.39 is 6.04 Å². The topological polar surface area (TPSA) is 67.9 Å². The molecule has 0 spiro atoms. The molecular formula is C24H32N2O4. The molecule has 6 nitrogen and oxygen atoms in total. The highest BCUT2D eigenvalue weighted by Gasteiger charge is 2.28. The number of carbonyl (C=O) groups excluding carboxylic acids is 2. The molecule has 0 radical (unpaired) electrons. The van der Waals surface area contributed by atoms with Crippen molar-refractivity contribution in [2.75, 3.05) is 20.3 Å². The highest BCUT2D eigenvalue weighted by molar-refractivity contribution is 5.88. The molecule has 2 aromatic rings. The molecule has 0 aliphatic carbocycles. The third-order valence-electron chi connectivity index (χ3n) is 4.83. The van der Waals surface area contributed by atoms with Crippen molar-refractivity contribution in [1.29, 1.82) is 0 Å². The highest BCUT2D eigenvalue weighted by atomic mass is 16.5. The number of nitrogens with one attached hydrogen (secondary N) is 1. The zero-order valence-electron chi connectivity index (χ0n) is 18.1. The number of benzene rings is 2. The van der Waals surface area contributed by atoms with Crippen LogP contribution in [0.3, 0.4) is 0 Å². The van der Waals surface area contributed by atoms with Gasteiger partial charge in [0.1, 0.15) is 6.04 Å². The van der Waals surface area contributed by atoms with Gasteiger partial charge >= 0.3 is 0 Å². The monoisotopic (exact) mass is 412 g/mol. The SMILES string of the molecule is CCCCNC(=O)C(CC)N(Cc1ccccc1)C(=O)COc1ccccc1OC. The van der Waals surface area contributed by atoms with Crippen molar-refractivity contribution in [2.24, 2.45) is 0 Å². The summed E-state index contributed by atoms with van der Waals surface area (Å²) in [5.74, 6) is 0.674. The molecule has 1 unspecified atom stereocenters. The van der Waals surface area contributed by atoms with Crippen LogP contribution in [0.5, 0.6) is 11.5 Å². The van der Waals surface area contributed by atoms with Gasteiger partial charge in [-0.2, -0.15) is 0 Å². The fraction of sp³-hybridized carbons (Fsp3) is 0.417. The number of unbranched alkanes of at least 4 members (excludes halogenated alkanes) is 1. The van der Waals surface area contributed by atoms with E-state index in [-0.39, 0.29) is 18.4 Å². The van der Waals surface area contributed by atoms with Crippen LogP contribution in [-0.2, 0) is 16.1 Å². The number of para-hydroxylation sites is 2. The third-order valence-corrected chi connectivity index (χ3v) is 4.83. The maximum atomic E-state index is 13.1. The van der Waals surface area contributed by atoms with Gasteiger partial charge in [0.15, 0.2) is 18.1 Å². The lowest BCUT2D eigenvalue weighted by Gasteiger charge is -2.30. The first-order chi connectivity index (χ1) is 14.6. The lowest BCUT2D eigenvalue weighted by Crippen LogP contribution is -2.50. The smallest absolute Gasteiger partial charge is 0.261 e. The van der Waals surface area contributed by atoms with E-state index in [1.807, 2.05) is 49.4 Å². The molecule has 0 fully saturated rings. The standard InChI is InChI=1S/C24H32N2O4/c1-4-6-16-25-24(28)20(5-2)26(17-19-12-8-7-9-13-19)23(27)18-30-22-15-11-10-14-21(22)29-3/h7-15,20H,4-6,16-18H2,1-3H3,(H,25,28). The van der Waals surface area contributed by atoms with E-state index in [9.17, 15) is 9.59 Å². The van der Waals surface area contributed by atoms with Gasteiger partial charge in [-0.3, -0.25) is 9.59 Å². The molecular weight excluding hydrogens is 380 g/mol. The van der Waals surface area contributed by atoms with Gasteiger partial charge in [0.05, 0.1) is 7.11 Å². The fourth-order valence-electron chi connectivity index (χ4n) is 3.17. The molecule has 0 bridgehead atoms. The van der Waals surface area contributed by atoms with E-state index in [1.165, 1.54) is 0 Å². The number of ether oxygens (including phenoxy) is 2. The molecule has 2 aromatic carbocycles. The van der Waals surface area contributed by atoms with Crippen molar-refractivity contribution in [3.8, 4) is 11.5 Å². The molecule has 30 heavy (non-hydrogen) atoms. The van der Waals surface area contributed by atoms with Crippen LogP contribution in [0.4, 0.5) is 0 Å². The number of carbonyl (C=O) groups is 2. The van der Waals surface area contributed by atoms with Crippen molar-refractivity contribution >= 4 is 11.8 Å². The first kappa shape index (κ1) is 23.3. The van der Waals surface area contributed by atoms with Crippen LogP contribution < -0.4 is 14.8 Å². The number of nitrogens with zero attached hydrogens (tertiary/aromatic N) is 1.